The van der Waals surface area contributed by atoms with Gasteiger partial charge in [-0.3, -0.25) is 9.78 Å². The lowest BCUT2D eigenvalue weighted by Crippen LogP contribution is -2.36. The molecule has 2 rings (SSSR count). The average molecular weight is 319 g/mol. The van der Waals surface area contributed by atoms with Gasteiger partial charge in [0, 0.05) is 18.4 Å². The van der Waals surface area contributed by atoms with Crippen LogP contribution in [0, 0.1) is 0 Å². The summed E-state index contributed by atoms with van der Waals surface area (Å²) in [6, 6.07) is 11.0. The zero-order valence-corrected chi connectivity index (χ0v) is 13.4. The average Bonchev–Trinajstić information content (AvgIpc) is 2.55. The summed E-state index contributed by atoms with van der Waals surface area (Å²) in [6.07, 6.45) is 4.22. The molecule has 0 bridgehead atoms. The molecule has 2 atom stereocenters. The fourth-order valence-electron chi connectivity index (χ4n) is 2.16. The van der Waals surface area contributed by atoms with Gasteiger partial charge in [0.05, 0.1) is 7.11 Å². The number of hydrogen-bond donors (Lipinski definition) is 1. The maximum absolute atomic E-state index is 12.2. The second kappa shape index (κ2) is 7.80. The molecule has 4 nitrogen and oxygen atoms in total. The first kappa shape index (κ1) is 16.3. The Kier molecular flexibility index (Phi) is 5.78. The largest absolute Gasteiger partial charge is 0.497 e. The minimum atomic E-state index is -0.717. The van der Waals surface area contributed by atoms with E-state index in [-0.39, 0.29) is 11.9 Å². The van der Waals surface area contributed by atoms with Crippen LogP contribution in [0.2, 0.25) is 0 Å². The van der Waals surface area contributed by atoms with Crippen LogP contribution >= 0.6 is 11.6 Å². The predicted molar refractivity (Wildman–Crippen MR) is 87.1 cm³/mol. The molecule has 0 radical (unpaired) electrons. The third-order valence-electron chi connectivity index (χ3n) is 3.32. The van der Waals surface area contributed by atoms with Crippen molar-refractivity contribution in [1.29, 1.82) is 0 Å². The first-order valence-electron chi connectivity index (χ1n) is 7.07. The van der Waals surface area contributed by atoms with Gasteiger partial charge >= 0.3 is 0 Å². The third-order valence-corrected chi connectivity index (χ3v) is 3.77. The van der Waals surface area contributed by atoms with Gasteiger partial charge in [0.25, 0.3) is 0 Å². The summed E-state index contributed by atoms with van der Waals surface area (Å²) in [6.45, 7) is 1.95. The summed E-state index contributed by atoms with van der Waals surface area (Å²) in [7, 11) is 1.60. The Bertz CT molecular complexity index is 602. The second-order valence-electron chi connectivity index (χ2n) is 5.10. The molecule has 1 amide bonds. The highest BCUT2D eigenvalue weighted by molar-refractivity contribution is 6.30. The fraction of sp³-hybridized carbons (Fsp3) is 0.294. The van der Waals surface area contributed by atoms with E-state index in [4.69, 9.17) is 16.3 Å². The standard InChI is InChI=1S/C17H19ClN2O2/c1-12(11-13-7-9-19-10-8-13)20-17(21)16(18)14-3-5-15(22-2)6-4-14/h3-10,12,16H,11H2,1-2H3,(H,20,21). The van der Waals surface area contributed by atoms with Crippen LogP contribution in [-0.2, 0) is 11.2 Å². The Balaban J connectivity index is 1.92. The fourth-order valence-corrected chi connectivity index (χ4v) is 2.37. The molecular formula is C17H19ClN2O2. The van der Waals surface area contributed by atoms with Crippen LogP contribution < -0.4 is 10.1 Å². The van der Waals surface area contributed by atoms with Gasteiger partial charge in [-0.25, -0.2) is 0 Å². The van der Waals surface area contributed by atoms with Crippen molar-refractivity contribution in [2.75, 3.05) is 7.11 Å². The van der Waals surface area contributed by atoms with Gasteiger partial charge < -0.3 is 10.1 Å². The van der Waals surface area contributed by atoms with E-state index in [1.54, 1.807) is 43.8 Å². The van der Waals surface area contributed by atoms with Crippen molar-refractivity contribution in [3.8, 4) is 5.75 Å². The maximum atomic E-state index is 12.2. The van der Waals surface area contributed by atoms with Crippen LogP contribution in [-0.4, -0.2) is 24.0 Å². The molecular weight excluding hydrogens is 300 g/mol. The molecule has 0 spiro atoms. The SMILES string of the molecule is COc1ccc(C(Cl)C(=O)NC(C)Cc2ccncc2)cc1. The molecule has 2 aromatic rings. The van der Waals surface area contributed by atoms with Gasteiger partial charge in [-0.05, 0) is 48.7 Å². The Morgan fingerprint density at radius 1 is 1.23 bits per heavy atom. The number of alkyl halides is 1. The highest BCUT2D eigenvalue weighted by Gasteiger charge is 2.19. The van der Waals surface area contributed by atoms with Gasteiger partial charge in [0.2, 0.25) is 5.91 Å². The number of carbonyl (C=O) groups is 1. The number of carbonyl (C=O) groups excluding carboxylic acids is 1. The molecule has 0 fully saturated rings. The lowest BCUT2D eigenvalue weighted by molar-refractivity contribution is -0.121. The topological polar surface area (TPSA) is 51.2 Å². The summed E-state index contributed by atoms with van der Waals surface area (Å²) in [4.78, 5) is 16.2. The normalized spacial score (nSPS) is 13.2. The maximum Gasteiger partial charge on any atom is 0.242 e. The second-order valence-corrected chi connectivity index (χ2v) is 5.54. The molecule has 1 aromatic carbocycles. The van der Waals surface area contributed by atoms with Gasteiger partial charge in [0.15, 0.2) is 0 Å². The molecule has 22 heavy (non-hydrogen) atoms. The van der Waals surface area contributed by atoms with E-state index in [2.05, 4.69) is 10.3 Å². The molecule has 2 unspecified atom stereocenters. The van der Waals surface area contributed by atoms with E-state index in [9.17, 15) is 4.79 Å². The monoisotopic (exact) mass is 318 g/mol. The van der Waals surface area contributed by atoms with Crippen LogP contribution in [0.5, 0.6) is 5.75 Å². The number of halogens is 1. The van der Waals surface area contributed by atoms with Crippen LogP contribution in [0.4, 0.5) is 0 Å². The van der Waals surface area contributed by atoms with E-state index in [0.29, 0.717) is 0 Å². The third kappa shape index (κ3) is 4.46. The molecule has 0 aliphatic heterocycles. The number of methoxy groups -OCH3 is 1. The van der Waals surface area contributed by atoms with Crippen molar-refractivity contribution >= 4 is 17.5 Å². The number of nitrogens with one attached hydrogen (secondary N) is 1. The lowest BCUT2D eigenvalue weighted by Gasteiger charge is -2.17. The molecule has 0 aliphatic carbocycles. The van der Waals surface area contributed by atoms with Gasteiger partial charge in [-0.2, -0.15) is 0 Å². The molecule has 0 saturated heterocycles. The number of aromatic nitrogens is 1. The quantitative estimate of drug-likeness (QED) is 0.833. The molecule has 5 heteroatoms. The Morgan fingerprint density at radius 2 is 1.86 bits per heavy atom. The van der Waals surface area contributed by atoms with Crippen LogP contribution in [0.3, 0.4) is 0 Å². The van der Waals surface area contributed by atoms with E-state index in [1.807, 2.05) is 19.1 Å². The van der Waals surface area contributed by atoms with Crippen molar-refractivity contribution in [3.05, 3.63) is 59.9 Å². The Hall–Kier alpha value is -2.07. The number of hydrogen-bond acceptors (Lipinski definition) is 3. The molecule has 0 saturated carbocycles. The number of pyridine rings is 1. The minimum absolute atomic E-state index is 0.00519. The number of benzene rings is 1. The molecule has 1 heterocycles. The van der Waals surface area contributed by atoms with Crippen molar-refractivity contribution in [2.45, 2.75) is 24.8 Å². The summed E-state index contributed by atoms with van der Waals surface area (Å²) >= 11 is 6.24. The molecule has 1 N–H and O–H groups in total. The van der Waals surface area contributed by atoms with Crippen LogP contribution in [0.15, 0.2) is 48.8 Å². The lowest BCUT2D eigenvalue weighted by atomic mass is 10.1. The van der Waals surface area contributed by atoms with Crippen molar-refractivity contribution < 1.29 is 9.53 Å². The summed E-state index contributed by atoms with van der Waals surface area (Å²) in [5, 5.41) is 2.22. The smallest absolute Gasteiger partial charge is 0.242 e. The minimum Gasteiger partial charge on any atom is -0.497 e. The summed E-state index contributed by atoms with van der Waals surface area (Å²) in [5.41, 5.74) is 1.87. The zero-order valence-electron chi connectivity index (χ0n) is 12.6. The van der Waals surface area contributed by atoms with Gasteiger partial charge in [0.1, 0.15) is 11.1 Å². The number of rotatable bonds is 6. The van der Waals surface area contributed by atoms with E-state index in [1.165, 1.54) is 0 Å². The summed E-state index contributed by atoms with van der Waals surface area (Å²) in [5.74, 6) is 0.535. The van der Waals surface area contributed by atoms with Crippen LogP contribution in [0.1, 0.15) is 23.4 Å². The van der Waals surface area contributed by atoms with E-state index >= 15 is 0 Å². The highest BCUT2D eigenvalue weighted by Crippen LogP contribution is 2.23. The number of amides is 1. The van der Waals surface area contributed by atoms with E-state index < -0.39 is 5.38 Å². The van der Waals surface area contributed by atoms with Crippen molar-refractivity contribution in [3.63, 3.8) is 0 Å². The Morgan fingerprint density at radius 3 is 2.45 bits per heavy atom. The first-order chi connectivity index (χ1) is 10.6. The van der Waals surface area contributed by atoms with E-state index in [0.717, 1.165) is 23.3 Å². The predicted octanol–water partition coefficient (Wildman–Crippen LogP) is 3.12. The molecule has 116 valence electrons. The molecule has 1 aromatic heterocycles. The number of ether oxygens (including phenoxy) is 1. The van der Waals surface area contributed by atoms with Gasteiger partial charge in [-0.1, -0.05) is 12.1 Å². The highest BCUT2D eigenvalue weighted by atomic mass is 35.5. The zero-order chi connectivity index (χ0) is 15.9. The number of nitrogens with zero attached hydrogens (tertiary/aromatic N) is 1. The van der Waals surface area contributed by atoms with Crippen molar-refractivity contribution in [2.24, 2.45) is 0 Å². The first-order valence-corrected chi connectivity index (χ1v) is 7.51. The van der Waals surface area contributed by atoms with Crippen molar-refractivity contribution in [1.82, 2.24) is 10.3 Å². The molecule has 0 aliphatic rings. The Labute approximate surface area is 135 Å². The van der Waals surface area contributed by atoms with Crippen LogP contribution in [0.25, 0.3) is 0 Å². The van der Waals surface area contributed by atoms with Gasteiger partial charge in [-0.15, -0.1) is 11.6 Å². The summed E-state index contributed by atoms with van der Waals surface area (Å²) < 4.78 is 5.09.